The van der Waals surface area contributed by atoms with Crippen LogP contribution in [0.4, 0.5) is 22.0 Å². The molecule has 0 atom stereocenters. The van der Waals surface area contributed by atoms with Crippen molar-refractivity contribution < 1.29 is 36.0 Å². The fraction of sp³-hybridized carbons (Fsp3) is 0.259. The number of alkyl halides is 5. The van der Waals surface area contributed by atoms with Crippen LogP contribution in [0.5, 0.6) is 0 Å². The molecule has 0 spiro atoms. The van der Waals surface area contributed by atoms with E-state index in [1.807, 2.05) is 0 Å². The minimum absolute atomic E-state index is 0.00539. The van der Waals surface area contributed by atoms with E-state index in [4.69, 9.17) is 4.42 Å². The largest absolute Gasteiger partial charge is 0.440 e. The number of benzene rings is 1. The monoisotopic (exact) mass is 546 g/mol. The molecule has 0 bridgehead atoms. The van der Waals surface area contributed by atoms with Crippen molar-refractivity contribution in [1.82, 2.24) is 20.6 Å². The van der Waals surface area contributed by atoms with Crippen molar-refractivity contribution >= 4 is 17.9 Å². The second kappa shape index (κ2) is 11.2. The van der Waals surface area contributed by atoms with Gasteiger partial charge in [-0.3, -0.25) is 14.6 Å². The first-order valence-electron chi connectivity index (χ1n) is 11.8. The number of allylic oxidation sites excluding steroid dienone is 2. The molecule has 2 heterocycles. The molecule has 2 aromatic heterocycles. The lowest BCUT2D eigenvalue weighted by Gasteiger charge is -2.12. The van der Waals surface area contributed by atoms with Crippen LogP contribution in [0.1, 0.15) is 58.9 Å². The van der Waals surface area contributed by atoms with Gasteiger partial charge in [-0.1, -0.05) is 19.9 Å². The van der Waals surface area contributed by atoms with Crippen LogP contribution >= 0.6 is 0 Å². The zero-order chi connectivity index (χ0) is 28.3. The van der Waals surface area contributed by atoms with Crippen molar-refractivity contribution in [2.75, 3.05) is 0 Å². The van der Waals surface area contributed by atoms with Gasteiger partial charge in [-0.05, 0) is 48.0 Å². The fourth-order valence-electron chi connectivity index (χ4n) is 3.68. The van der Waals surface area contributed by atoms with E-state index in [1.165, 1.54) is 30.5 Å². The third-order valence-electron chi connectivity index (χ3n) is 5.76. The van der Waals surface area contributed by atoms with Gasteiger partial charge in [0.25, 0.3) is 12.3 Å². The molecule has 1 aromatic carbocycles. The number of halogens is 5. The summed E-state index contributed by atoms with van der Waals surface area (Å²) in [5.41, 5.74) is -0.637. The normalized spacial score (nSPS) is 13.2. The molecule has 0 fully saturated rings. The molecule has 0 saturated carbocycles. The molecule has 4 rings (SSSR count). The fourth-order valence-corrected chi connectivity index (χ4v) is 3.68. The van der Waals surface area contributed by atoms with E-state index >= 15 is 0 Å². The Morgan fingerprint density at radius 1 is 1.13 bits per heavy atom. The number of oxazole rings is 1. The Morgan fingerprint density at radius 2 is 1.85 bits per heavy atom. The highest BCUT2D eigenvalue weighted by Crippen LogP contribution is 2.32. The lowest BCUT2D eigenvalue weighted by molar-refractivity contribution is -0.137. The Kier molecular flexibility index (Phi) is 7.93. The number of rotatable bonds is 7. The Balaban J connectivity index is 1.56. The highest BCUT2D eigenvalue weighted by molar-refractivity contribution is 5.97. The van der Waals surface area contributed by atoms with Crippen molar-refractivity contribution in [2.45, 2.75) is 39.4 Å². The van der Waals surface area contributed by atoms with Gasteiger partial charge in [0.1, 0.15) is 17.1 Å². The van der Waals surface area contributed by atoms with Crippen molar-refractivity contribution in [3.63, 3.8) is 0 Å². The summed E-state index contributed by atoms with van der Waals surface area (Å²) >= 11 is 0. The van der Waals surface area contributed by atoms with Crippen LogP contribution in [0.3, 0.4) is 0 Å². The van der Waals surface area contributed by atoms with Gasteiger partial charge in [0, 0.05) is 36.3 Å². The molecule has 0 radical (unpaired) electrons. The molecule has 2 N–H and O–H groups in total. The lowest BCUT2D eigenvalue weighted by Crippen LogP contribution is -2.28. The van der Waals surface area contributed by atoms with E-state index in [2.05, 4.69) is 20.6 Å². The van der Waals surface area contributed by atoms with E-state index in [9.17, 15) is 31.5 Å². The van der Waals surface area contributed by atoms with Crippen LogP contribution in [0.25, 0.3) is 17.5 Å². The molecule has 3 aromatic rings. The van der Waals surface area contributed by atoms with Gasteiger partial charge in [-0.25, -0.2) is 13.8 Å². The van der Waals surface area contributed by atoms with Crippen molar-refractivity contribution in [1.29, 1.82) is 0 Å². The third kappa shape index (κ3) is 6.57. The molecular weight excluding hydrogens is 523 g/mol. The second-order valence-corrected chi connectivity index (χ2v) is 9.01. The molecular formula is C27H23F5N4O3. The van der Waals surface area contributed by atoms with E-state index in [0.717, 1.165) is 12.1 Å². The number of nitrogens with zero attached hydrogens (tertiary/aromatic N) is 2. The molecule has 204 valence electrons. The van der Waals surface area contributed by atoms with E-state index in [0.29, 0.717) is 22.6 Å². The number of aromatic nitrogens is 2. The molecule has 7 nitrogen and oxygen atoms in total. The van der Waals surface area contributed by atoms with E-state index in [-0.39, 0.29) is 41.9 Å². The second-order valence-electron chi connectivity index (χ2n) is 9.01. The Hall–Kier alpha value is -4.35. The predicted molar refractivity (Wildman–Crippen MR) is 131 cm³/mol. The number of nitrogens with one attached hydrogen (secondary N) is 2. The van der Waals surface area contributed by atoms with Gasteiger partial charge < -0.3 is 15.1 Å². The predicted octanol–water partition coefficient (Wildman–Crippen LogP) is 5.85. The summed E-state index contributed by atoms with van der Waals surface area (Å²) in [4.78, 5) is 32.9. The summed E-state index contributed by atoms with van der Waals surface area (Å²) in [6.07, 6.45) is -1.37. The minimum atomic E-state index is -4.48. The molecule has 1 aliphatic rings. The number of fused-ring (bicyclic) bond motifs is 1. The van der Waals surface area contributed by atoms with Gasteiger partial charge in [-0.15, -0.1) is 0 Å². The van der Waals surface area contributed by atoms with Crippen molar-refractivity contribution in [2.24, 2.45) is 5.92 Å². The molecule has 0 aliphatic heterocycles. The first-order chi connectivity index (χ1) is 18.4. The zero-order valence-corrected chi connectivity index (χ0v) is 20.8. The van der Waals surface area contributed by atoms with Crippen LogP contribution in [0.2, 0.25) is 0 Å². The SMILES string of the molecule is CC(C)C(=O)NCc1cnc(C(F)F)c(C(=O)NC2=Cc3nc(-c4ccc(C(F)(F)F)cc4)oc3CC=C2)c1. The summed E-state index contributed by atoms with van der Waals surface area (Å²) in [6, 6.07) is 5.57. The lowest BCUT2D eigenvalue weighted by atomic mass is 10.1. The van der Waals surface area contributed by atoms with E-state index < -0.39 is 29.8 Å². The van der Waals surface area contributed by atoms with Crippen LogP contribution in [0, 0.1) is 5.92 Å². The number of hydrogen-bond donors (Lipinski definition) is 2. The third-order valence-corrected chi connectivity index (χ3v) is 5.76. The van der Waals surface area contributed by atoms with Gasteiger partial charge >= 0.3 is 6.18 Å². The Bertz CT molecular complexity index is 1440. The number of carbonyl (C=O) groups is 2. The van der Waals surface area contributed by atoms with Gasteiger partial charge in [0.2, 0.25) is 11.8 Å². The number of hydrogen-bond acceptors (Lipinski definition) is 5. The summed E-state index contributed by atoms with van der Waals surface area (Å²) in [6.45, 7) is 3.41. The Morgan fingerprint density at radius 3 is 2.49 bits per heavy atom. The van der Waals surface area contributed by atoms with Crippen LogP contribution < -0.4 is 10.6 Å². The first-order valence-corrected chi connectivity index (χ1v) is 11.8. The number of amides is 2. The zero-order valence-electron chi connectivity index (χ0n) is 20.8. The average molecular weight is 546 g/mol. The van der Waals surface area contributed by atoms with Gasteiger partial charge in [0.15, 0.2) is 0 Å². The summed E-state index contributed by atoms with van der Waals surface area (Å²) < 4.78 is 71.5. The van der Waals surface area contributed by atoms with Crippen molar-refractivity contribution in [3.05, 3.63) is 88.2 Å². The maximum Gasteiger partial charge on any atom is 0.416 e. The maximum absolute atomic E-state index is 13.6. The quantitative estimate of drug-likeness (QED) is 0.363. The summed E-state index contributed by atoms with van der Waals surface area (Å²) in [7, 11) is 0. The van der Waals surface area contributed by atoms with Crippen molar-refractivity contribution in [3.8, 4) is 11.5 Å². The molecule has 39 heavy (non-hydrogen) atoms. The molecule has 12 heteroatoms. The van der Waals surface area contributed by atoms with Crippen LogP contribution in [-0.2, 0) is 23.9 Å². The van der Waals surface area contributed by atoms with Gasteiger partial charge in [-0.2, -0.15) is 13.2 Å². The van der Waals surface area contributed by atoms with Crippen LogP contribution in [-0.4, -0.2) is 21.8 Å². The highest BCUT2D eigenvalue weighted by atomic mass is 19.4. The van der Waals surface area contributed by atoms with Gasteiger partial charge in [0.05, 0.1) is 11.1 Å². The first kappa shape index (κ1) is 27.7. The number of carbonyl (C=O) groups excluding carboxylic acids is 2. The highest BCUT2D eigenvalue weighted by Gasteiger charge is 2.30. The molecule has 0 unspecified atom stereocenters. The van der Waals surface area contributed by atoms with E-state index in [1.54, 1.807) is 26.0 Å². The topological polar surface area (TPSA) is 97.1 Å². The molecule has 2 amide bonds. The summed E-state index contributed by atoms with van der Waals surface area (Å²) in [5.74, 6) is -0.877. The molecule has 1 aliphatic carbocycles. The molecule has 0 saturated heterocycles. The maximum atomic E-state index is 13.6. The number of pyridine rings is 1. The Labute approximate surface area is 219 Å². The minimum Gasteiger partial charge on any atom is -0.440 e. The van der Waals surface area contributed by atoms with Crippen LogP contribution in [0.15, 0.2) is 58.8 Å². The summed E-state index contributed by atoms with van der Waals surface area (Å²) in [5, 5.41) is 5.21. The smallest absolute Gasteiger partial charge is 0.416 e. The average Bonchev–Trinajstić information content (AvgIpc) is 3.19. The standard InChI is InChI=1S/C27H23F5N4O3/c1-14(2)24(37)34-13-15-10-19(22(23(28)29)33-12-15)25(38)35-18-4-3-5-21-20(11-18)36-26(39-21)16-6-8-17(9-7-16)27(30,31)32/h3-4,6-12,14,23H,5,13H2,1-2H3,(H,34,37)(H,35,38).